The summed E-state index contributed by atoms with van der Waals surface area (Å²) in [6, 6.07) is 5.09. The van der Waals surface area contributed by atoms with Crippen LogP contribution in [0, 0.1) is 0 Å². The van der Waals surface area contributed by atoms with Gasteiger partial charge in [-0.15, -0.1) is 0 Å². The van der Waals surface area contributed by atoms with Crippen LogP contribution in [0.1, 0.15) is 32.4 Å². The number of carbonyl (C=O) groups is 1. The summed E-state index contributed by atoms with van der Waals surface area (Å²) in [6.45, 7) is 5.85. The molecule has 0 N–H and O–H groups in total. The molecule has 19 heavy (non-hydrogen) atoms. The Morgan fingerprint density at radius 3 is 2.58 bits per heavy atom. The summed E-state index contributed by atoms with van der Waals surface area (Å²) in [5.74, 6) is 0.111. The zero-order valence-corrected chi connectivity index (χ0v) is 12.4. The van der Waals surface area contributed by atoms with Crippen LogP contribution < -0.4 is 4.74 Å². The van der Waals surface area contributed by atoms with Crippen LogP contribution in [0.5, 0.6) is 5.75 Å². The molecule has 0 aliphatic carbocycles. The first-order valence-corrected chi connectivity index (χ1v) is 6.52. The minimum atomic E-state index is -0.840. The summed E-state index contributed by atoms with van der Waals surface area (Å²) in [7, 11) is 1.45. The average Bonchev–Trinajstić information content (AvgIpc) is 2.33. The van der Waals surface area contributed by atoms with Gasteiger partial charge in [-0.25, -0.2) is 4.79 Å². The Labute approximate surface area is 118 Å². The van der Waals surface area contributed by atoms with E-state index < -0.39 is 12.1 Å². The van der Waals surface area contributed by atoms with Gasteiger partial charge < -0.3 is 14.2 Å². The highest BCUT2D eigenvalue weighted by Crippen LogP contribution is 2.31. The standard InChI is InChI=1S/C14H19ClO4/c1-5-18-14(16)13(17-4)11-8-10(15)6-7-12(11)19-9(2)3/h6-9,13H,5H2,1-4H3. The van der Waals surface area contributed by atoms with Crippen LogP contribution in [0.4, 0.5) is 0 Å². The first-order chi connectivity index (χ1) is 8.99. The molecular weight excluding hydrogens is 268 g/mol. The summed E-state index contributed by atoms with van der Waals surface area (Å²) in [6.07, 6.45) is -0.855. The minimum Gasteiger partial charge on any atom is -0.491 e. The van der Waals surface area contributed by atoms with Crippen molar-refractivity contribution in [3.05, 3.63) is 28.8 Å². The second-order valence-electron chi connectivity index (χ2n) is 4.22. The summed E-state index contributed by atoms with van der Waals surface area (Å²) >= 11 is 5.97. The van der Waals surface area contributed by atoms with Gasteiger partial charge in [0, 0.05) is 17.7 Å². The molecule has 1 aromatic carbocycles. The molecule has 4 nitrogen and oxygen atoms in total. The number of benzene rings is 1. The third-order valence-corrected chi connectivity index (χ3v) is 2.59. The van der Waals surface area contributed by atoms with E-state index >= 15 is 0 Å². The van der Waals surface area contributed by atoms with Crippen molar-refractivity contribution in [1.82, 2.24) is 0 Å². The normalized spacial score (nSPS) is 12.3. The van der Waals surface area contributed by atoms with Gasteiger partial charge in [0.1, 0.15) is 5.75 Å². The molecule has 0 radical (unpaired) electrons. The fourth-order valence-electron chi connectivity index (χ4n) is 1.65. The Balaban J connectivity index is 3.13. The van der Waals surface area contributed by atoms with Crippen LogP contribution in [0.15, 0.2) is 18.2 Å². The number of carbonyl (C=O) groups excluding carboxylic acids is 1. The highest BCUT2D eigenvalue weighted by Gasteiger charge is 2.25. The molecular formula is C14H19ClO4. The van der Waals surface area contributed by atoms with E-state index in [9.17, 15) is 4.79 Å². The quantitative estimate of drug-likeness (QED) is 0.752. The maximum atomic E-state index is 11.9. The third-order valence-electron chi connectivity index (χ3n) is 2.35. The maximum Gasteiger partial charge on any atom is 0.340 e. The number of hydrogen-bond donors (Lipinski definition) is 0. The molecule has 0 spiro atoms. The molecule has 5 heteroatoms. The van der Waals surface area contributed by atoms with E-state index in [2.05, 4.69) is 0 Å². The molecule has 0 aliphatic heterocycles. The molecule has 0 amide bonds. The van der Waals surface area contributed by atoms with Crippen molar-refractivity contribution in [2.24, 2.45) is 0 Å². The van der Waals surface area contributed by atoms with Gasteiger partial charge >= 0.3 is 5.97 Å². The van der Waals surface area contributed by atoms with Crippen molar-refractivity contribution >= 4 is 17.6 Å². The second kappa shape index (κ2) is 7.36. The molecule has 0 heterocycles. The van der Waals surface area contributed by atoms with Crippen LogP contribution >= 0.6 is 11.6 Å². The first-order valence-electron chi connectivity index (χ1n) is 6.15. The van der Waals surface area contributed by atoms with Gasteiger partial charge in [-0.1, -0.05) is 11.6 Å². The van der Waals surface area contributed by atoms with Crippen molar-refractivity contribution in [3.63, 3.8) is 0 Å². The van der Waals surface area contributed by atoms with E-state index in [0.29, 0.717) is 22.9 Å². The summed E-state index contributed by atoms with van der Waals surface area (Å²) < 4.78 is 15.9. The fraction of sp³-hybridized carbons (Fsp3) is 0.500. The Kier molecular flexibility index (Phi) is 6.12. The fourth-order valence-corrected chi connectivity index (χ4v) is 1.83. The van der Waals surface area contributed by atoms with Crippen LogP contribution in [0.25, 0.3) is 0 Å². The molecule has 106 valence electrons. The van der Waals surface area contributed by atoms with Gasteiger partial charge in [-0.2, -0.15) is 0 Å². The smallest absolute Gasteiger partial charge is 0.340 e. The molecule has 0 fully saturated rings. The Hall–Kier alpha value is -1.26. The van der Waals surface area contributed by atoms with Gasteiger partial charge in [-0.05, 0) is 39.0 Å². The number of methoxy groups -OCH3 is 1. The van der Waals surface area contributed by atoms with E-state index in [1.54, 1.807) is 25.1 Å². The molecule has 0 aliphatic rings. The van der Waals surface area contributed by atoms with Crippen LogP contribution in [-0.2, 0) is 14.3 Å². The zero-order valence-electron chi connectivity index (χ0n) is 11.6. The maximum absolute atomic E-state index is 11.9. The molecule has 0 saturated carbocycles. The lowest BCUT2D eigenvalue weighted by atomic mass is 10.1. The lowest BCUT2D eigenvalue weighted by Crippen LogP contribution is -2.19. The number of halogens is 1. The van der Waals surface area contributed by atoms with E-state index in [0.717, 1.165) is 0 Å². The number of hydrogen-bond acceptors (Lipinski definition) is 4. The van der Waals surface area contributed by atoms with Gasteiger partial charge in [0.2, 0.25) is 0 Å². The van der Waals surface area contributed by atoms with E-state index in [-0.39, 0.29) is 6.10 Å². The zero-order chi connectivity index (χ0) is 14.4. The lowest BCUT2D eigenvalue weighted by Gasteiger charge is -2.19. The SMILES string of the molecule is CCOC(=O)C(OC)c1cc(Cl)ccc1OC(C)C. The first kappa shape index (κ1) is 15.8. The van der Waals surface area contributed by atoms with Crippen LogP contribution in [0.3, 0.4) is 0 Å². The molecule has 1 aromatic rings. The molecule has 0 aromatic heterocycles. The summed E-state index contributed by atoms with van der Waals surface area (Å²) in [4.78, 5) is 11.9. The molecule has 1 rings (SSSR count). The van der Waals surface area contributed by atoms with E-state index in [1.165, 1.54) is 7.11 Å². The van der Waals surface area contributed by atoms with Crippen LogP contribution in [0.2, 0.25) is 5.02 Å². The number of ether oxygens (including phenoxy) is 3. The van der Waals surface area contributed by atoms with Gasteiger partial charge in [-0.3, -0.25) is 0 Å². The van der Waals surface area contributed by atoms with Gasteiger partial charge in [0.05, 0.1) is 12.7 Å². The Morgan fingerprint density at radius 2 is 2.05 bits per heavy atom. The van der Waals surface area contributed by atoms with E-state index in [4.69, 9.17) is 25.8 Å². The van der Waals surface area contributed by atoms with Crippen molar-refractivity contribution in [2.75, 3.05) is 13.7 Å². The van der Waals surface area contributed by atoms with Gasteiger partial charge in [0.25, 0.3) is 0 Å². The molecule has 0 saturated heterocycles. The van der Waals surface area contributed by atoms with E-state index in [1.807, 2.05) is 13.8 Å². The molecule has 1 atom stereocenters. The monoisotopic (exact) mass is 286 g/mol. The van der Waals surface area contributed by atoms with Crippen molar-refractivity contribution < 1.29 is 19.0 Å². The minimum absolute atomic E-state index is 0.0142. The Bertz CT molecular complexity index is 431. The highest BCUT2D eigenvalue weighted by atomic mass is 35.5. The largest absolute Gasteiger partial charge is 0.491 e. The van der Waals surface area contributed by atoms with Crippen LogP contribution in [-0.4, -0.2) is 25.8 Å². The lowest BCUT2D eigenvalue weighted by molar-refractivity contribution is -0.155. The van der Waals surface area contributed by atoms with Crippen molar-refractivity contribution in [1.29, 1.82) is 0 Å². The summed E-state index contributed by atoms with van der Waals surface area (Å²) in [5, 5.41) is 0.512. The molecule has 0 bridgehead atoms. The Morgan fingerprint density at radius 1 is 1.37 bits per heavy atom. The highest BCUT2D eigenvalue weighted by molar-refractivity contribution is 6.30. The predicted molar refractivity (Wildman–Crippen MR) is 73.6 cm³/mol. The third kappa shape index (κ3) is 4.40. The second-order valence-corrected chi connectivity index (χ2v) is 4.65. The predicted octanol–water partition coefficient (Wildman–Crippen LogP) is 3.38. The van der Waals surface area contributed by atoms with Gasteiger partial charge in [0.15, 0.2) is 6.10 Å². The number of esters is 1. The topological polar surface area (TPSA) is 44.8 Å². The number of rotatable bonds is 6. The molecule has 1 unspecified atom stereocenters. The average molecular weight is 287 g/mol. The van der Waals surface area contributed by atoms with Crippen molar-refractivity contribution in [2.45, 2.75) is 33.0 Å². The van der Waals surface area contributed by atoms with Crippen molar-refractivity contribution in [3.8, 4) is 5.75 Å². The summed E-state index contributed by atoms with van der Waals surface area (Å²) in [5.41, 5.74) is 0.571.